The molecule has 0 fully saturated rings. The van der Waals surface area contributed by atoms with E-state index in [9.17, 15) is 30.7 Å². The molecule has 0 spiro atoms. The predicted octanol–water partition coefficient (Wildman–Crippen LogP) is 8.57. The minimum Gasteiger partial charge on any atom is -0.429 e. The molecule has 188 valence electrons. The van der Waals surface area contributed by atoms with Crippen molar-refractivity contribution in [2.75, 3.05) is 0 Å². The van der Waals surface area contributed by atoms with E-state index in [-0.39, 0.29) is 23.4 Å². The number of aryl methyl sites for hydroxylation is 1. The Kier molecular flexibility index (Phi) is 8.02. The highest BCUT2D eigenvalue weighted by Gasteiger charge is 2.41. The van der Waals surface area contributed by atoms with E-state index in [1.807, 2.05) is 45.0 Å². The minimum atomic E-state index is -4.66. The van der Waals surface area contributed by atoms with Crippen LogP contribution in [0.15, 0.2) is 66.9 Å². The molecule has 0 amide bonds. The largest absolute Gasteiger partial charge is 0.432 e. The third-order valence-corrected chi connectivity index (χ3v) is 4.98. The van der Waals surface area contributed by atoms with Crippen LogP contribution in [-0.4, -0.2) is 4.98 Å². The van der Waals surface area contributed by atoms with Gasteiger partial charge in [-0.3, -0.25) is 4.98 Å². The number of nitrogens with zero attached hydrogens (tertiary/aromatic N) is 1. The highest BCUT2D eigenvalue weighted by molar-refractivity contribution is 5.67. The third kappa shape index (κ3) is 5.67. The van der Waals surface area contributed by atoms with Gasteiger partial charge in [-0.1, -0.05) is 49.7 Å². The van der Waals surface area contributed by atoms with Gasteiger partial charge in [0.25, 0.3) is 0 Å². The standard InChI is InChI=1S/C25H14F7NO.C2H6/c1-13-2-4-14(5-3-13)15-6-7-22(33-12-15)16-8-18(26)23(19(27)9-16)25(31,32)34-17-10-20(28)24(30)21(29)11-17;1-2/h2-12H,1H3;1-2H3. The van der Waals surface area contributed by atoms with Crippen molar-refractivity contribution < 1.29 is 35.5 Å². The molecule has 2 nitrogen and oxygen atoms in total. The molecule has 0 aliphatic heterocycles. The number of ether oxygens (including phenoxy) is 1. The van der Waals surface area contributed by atoms with E-state index in [2.05, 4.69) is 9.72 Å². The molecule has 0 radical (unpaired) electrons. The number of aromatic nitrogens is 1. The topological polar surface area (TPSA) is 22.1 Å². The van der Waals surface area contributed by atoms with E-state index < -0.39 is 46.5 Å². The van der Waals surface area contributed by atoms with Crippen LogP contribution in [0.25, 0.3) is 22.4 Å². The Bertz CT molecular complexity index is 1310. The van der Waals surface area contributed by atoms with Crippen LogP contribution in [0.4, 0.5) is 30.7 Å². The van der Waals surface area contributed by atoms with Gasteiger partial charge >= 0.3 is 6.11 Å². The first-order valence-electron chi connectivity index (χ1n) is 10.8. The molecule has 0 atom stereocenters. The van der Waals surface area contributed by atoms with Crippen molar-refractivity contribution in [1.82, 2.24) is 4.98 Å². The van der Waals surface area contributed by atoms with Crippen LogP contribution in [0.1, 0.15) is 25.0 Å². The molecule has 0 N–H and O–H groups in total. The molecule has 0 saturated heterocycles. The van der Waals surface area contributed by atoms with Crippen molar-refractivity contribution in [3.8, 4) is 28.1 Å². The lowest BCUT2D eigenvalue weighted by Crippen LogP contribution is -2.25. The predicted molar refractivity (Wildman–Crippen MR) is 122 cm³/mol. The molecule has 1 heterocycles. The number of rotatable bonds is 5. The number of alkyl halides is 2. The van der Waals surface area contributed by atoms with E-state index in [0.29, 0.717) is 12.1 Å². The van der Waals surface area contributed by atoms with E-state index in [1.165, 1.54) is 12.3 Å². The van der Waals surface area contributed by atoms with Crippen LogP contribution in [0.3, 0.4) is 0 Å². The van der Waals surface area contributed by atoms with E-state index >= 15 is 0 Å². The highest BCUT2D eigenvalue weighted by Crippen LogP contribution is 2.37. The lowest BCUT2D eigenvalue weighted by atomic mass is 10.0. The summed E-state index contributed by atoms with van der Waals surface area (Å²) in [5, 5.41) is 0. The second kappa shape index (κ2) is 10.8. The van der Waals surface area contributed by atoms with Crippen molar-refractivity contribution in [3.05, 3.63) is 107 Å². The van der Waals surface area contributed by atoms with Crippen molar-refractivity contribution in [1.29, 1.82) is 0 Å². The van der Waals surface area contributed by atoms with E-state index in [0.717, 1.165) is 16.7 Å². The van der Waals surface area contributed by atoms with Crippen LogP contribution >= 0.6 is 0 Å². The fourth-order valence-corrected chi connectivity index (χ4v) is 3.27. The van der Waals surface area contributed by atoms with Gasteiger partial charge in [0.2, 0.25) is 0 Å². The summed E-state index contributed by atoms with van der Waals surface area (Å²) in [4.78, 5) is 4.15. The monoisotopic (exact) mass is 507 g/mol. The smallest absolute Gasteiger partial charge is 0.429 e. The first-order chi connectivity index (χ1) is 17.0. The van der Waals surface area contributed by atoms with Gasteiger partial charge in [-0.25, -0.2) is 22.0 Å². The number of pyridine rings is 1. The second-order valence-corrected chi connectivity index (χ2v) is 7.43. The Morgan fingerprint density at radius 1 is 0.667 bits per heavy atom. The van der Waals surface area contributed by atoms with E-state index in [4.69, 9.17) is 0 Å². The average molecular weight is 507 g/mol. The summed E-state index contributed by atoms with van der Waals surface area (Å²) >= 11 is 0. The molecule has 0 bridgehead atoms. The van der Waals surface area contributed by atoms with Crippen LogP contribution in [0, 0.1) is 36.0 Å². The maximum Gasteiger partial charge on any atom is 0.432 e. The molecule has 9 heteroatoms. The Balaban J connectivity index is 0.00000176. The Labute approximate surface area is 203 Å². The zero-order valence-corrected chi connectivity index (χ0v) is 19.4. The molecule has 3 aromatic carbocycles. The molecule has 0 aliphatic rings. The summed E-state index contributed by atoms with van der Waals surface area (Å²) in [6.07, 6.45) is -3.19. The van der Waals surface area contributed by atoms with Gasteiger partial charge in [0, 0.05) is 29.5 Å². The average Bonchev–Trinajstić information content (AvgIpc) is 2.83. The zero-order chi connectivity index (χ0) is 26.6. The van der Waals surface area contributed by atoms with Gasteiger partial charge in [-0.2, -0.15) is 8.78 Å². The second-order valence-electron chi connectivity index (χ2n) is 7.43. The first-order valence-corrected chi connectivity index (χ1v) is 10.8. The fourth-order valence-electron chi connectivity index (χ4n) is 3.27. The number of benzene rings is 3. The molecular formula is C27H20F7NO. The maximum atomic E-state index is 14.6. The zero-order valence-electron chi connectivity index (χ0n) is 19.4. The van der Waals surface area contributed by atoms with Crippen molar-refractivity contribution in [3.63, 3.8) is 0 Å². The van der Waals surface area contributed by atoms with Crippen molar-refractivity contribution >= 4 is 0 Å². The highest BCUT2D eigenvalue weighted by atomic mass is 19.3. The Hall–Kier alpha value is -3.88. The summed E-state index contributed by atoms with van der Waals surface area (Å²) in [6, 6.07) is 12.2. The Morgan fingerprint density at radius 3 is 1.69 bits per heavy atom. The fraction of sp³-hybridized carbons (Fsp3) is 0.148. The van der Waals surface area contributed by atoms with Gasteiger partial charge < -0.3 is 4.74 Å². The molecule has 0 unspecified atom stereocenters. The summed E-state index contributed by atoms with van der Waals surface area (Å²) in [7, 11) is 0. The van der Waals surface area contributed by atoms with Crippen molar-refractivity contribution in [2.45, 2.75) is 26.9 Å². The molecule has 4 rings (SSSR count). The van der Waals surface area contributed by atoms with Crippen molar-refractivity contribution in [2.24, 2.45) is 0 Å². The number of hydrogen-bond donors (Lipinski definition) is 0. The maximum absolute atomic E-state index is 14.6. The molecule has 4 aromatic rings. The van der Waals surface area contributed by atoms with Crippen LogP contribution in [-0.2, 0) is 6.11 Å². The van der Waals surface area contributed by atoms with E-state index in [1.54, 1.807) is 6.07 Å². The summed E-state index contributed by atoms with van der Waals surface area (Å²) in [5.41, 5.74) is 0.881. The summed E-state index contributed by atoms with van der Waals surface area (Å²) in [6.45, 7) is 5.93. The lowest BCUT2D eigenvalue weighted by molar-refractivity contribution is -0.189. The molecule has 0 aliphatic carbocycles. The minimum absolute atomic E-state index is 0.118. The Morgan fingerprint density at radius 2 is 1.19 bits per heavy atom. The third-order valence-electron chi connectivity index (χ3n) is 4.98. The van der Waals surface area contributed by atoms with Crippen LogP contribution < -0.4 is 4.74 Å². The SMILES string of the molecule is CC.Cc1ccc(-c2ccc(-c3cc(F)c(C(F)(F)Oc4cc(F)c(F)c(F)c4)c(F)c3)nc2)cc1. The molecule has 0 saturated carbocycles. The van der Waals surface area contributed by atoms with Gasteiger partial charge in [0.1, 0.15) is 22.9 Å². The van der Waals surface area contributed by atoms with Crippen LogP contribution in [0.5, 0.6) is 5.75 Å². The lowest BCUT2D eigenvalue weighted by Gasteiger charge is -2.20. The van der Waals surface area contributed by atoms with Gasteiger partial charge in [-0.15, -0.1) is 0 Å². The van der Waals surface area contributed by atoms with Gasteiger partial charge in [0.15, 0.2) is 17.5 Å². The van der Waals surface area contributed by atoms with Crippen LogP contribution in [0.2, 0.25) is 0 Å². The first kappa shape index (κ1) is 26.7. The molecule has 1 aromatic heterocycles. The number of halogens is 7. The normalized spacial score (nSPS) is 11.1. The van der Waals surface area contributed by atoms with Gasteiger partial charge in [0.05, 0.1) is 5.69 Å². The number of hydrogen-bond acceptors (Lipinski definition) is 2. The molecular weight excluding hydrogens is 487 g/mol. The summed E-state index contributed by atoms with van der Waals surface area (Å²) in [5.74, 6) is -10.0. The quantitative estimate of drug-likeness (QED) is 0.199. The van der Waals surface area contributed by atoms with Gasteiger partial charge in [-0.05, 0) is 30.7 Å². The molecule has 36 heavy (non-hydrogen) atoms. The summed E-state index contributed by atoms with van der Waals surface area (Å²) < 4.78 is 102.